The number of aromatic nitrogens is 1. The molecule has 0 radical (unpaired) electrons. The Balaban J connectivity index is 2.14. The smallest absolute Gasteiger partial charge is 0.0588 e. The zero-order chi connectivity index (χ0) is 13.9. The van der Waals surface area contributed by atoms with Gasteiger partial charge in [0, 0.05) is 28.7 Å². The quantitative estimate of drug-likeness (QED) is 0.748. The summed E-state index contributed by atoms with van der Waals surface area (Å²) in [4.78, 5) is 3.29. The molecular formula is C16H24N2O. The summed E-state index contributed by atoms with van der Waals surface area (Å²) in [5.41, 5.74) is 2.47. The summed E-state index contributed by atoms with van der Waals surface area (Å²) < 4.78 is 0. The summed E-state index contributed by atoms with van der Waals surface area (Å²) in [5.74, 6) is 0. The van der Waals surface area contributed by atoms with Gasteiger partial charge in [0.05, 0.1) is 6.61 Å². The molecule has 2 aromatic rings. The van der Waals surface area contributed by atoms with Crippen molar-refractivity contribution in [2.75, 3.05) is 6.61 Å². The first kappa shape index (κ1) is 14.1. The summed E-state index contributed by atoms with van der Waals surface area (Å²) in [7, 11) is 0. The molecule has 0 aliphatic rings. The van der Waals surface area contributed by atoms with Crippen molar-refractivity contribution in [2.24, 2.45) is 0 Å². The molecule has 3 N–H and O–H groups in total. The fraction of sp³-hybridized carbons (Fsp3) is 0.500. The lowest BCUT2D eigenvalue weighted by molar-refractivity contribution is 0.206. The standard InChI is InChI=1S/C16H24N2O/c1-4-16(2,3)18-13(11-19)9-12-10-17-15-8-6-5-7-14(12)15/h5-8,10,13,17-19H,4,9,11H2,1-3H3/t13-/m0/s1. The van der Waals surface area contributed by atoms with Crippen LogP contribution >= 0.6 is 0 Å². The number of benzene rings is 1. The largest absolute Gasteiger partial charge is 0.395 e. The molecule has 0 bridgehead atoms. The third kappa shape index (κ3) is 3.37. The molecule has 1 aromatic heterocycles. The van der Waals surface area contributed by atoms with Crippen molar-refractivity contribution >= 4 is 10.9 Å². The molecule has 3 heteroatoms. The van der Waals surface area contributed by atoms with Gasteiger partial charge in [-0.15, -0.1) is 0 Å². The van der Waals surface area contributed by atoms with E-state index in [1.165, 1.54) is 10.9 Å². The van der Waals surface area contributed by atoms with E-state index >= 15 is 0 Å². The Morgan fingerprint density at radius 2 is 2.05 bits per heavy atom. The van der Waals surface area contributed by atoms with E-state index in [0.717, 1.165) is 18.4 Å². The monoisotopic (exact) mass is 260 g/mol. The SMILES string of the molecule is CCC(C)(C)N[C@H](CO)Cc1c[nH]c2ccccc12. The van der Waals surface area contributed by atoms with E-state index in [0.29, 0.717) is 0 Å². The van der Waals surface area contributed by atoms with E-state index in [2.05, 4.69) is 49.3 Å². The highest BCUT2D eigenvalue weighted by Gasteiger charge is 2.20. The minimum absolute atomic E-state index is 0.0551. The second kappa shape index (κ2) is 5.76. The van der Waals surface area contributed by atoms with Crippen LogP contribution in [0.1, 0.15) is 32.8 Å². The fourth-order valence-corrected chi connectivity index (χ4v) is 2.38. The number of aliphatic hydroxyl groups excluding tert-OH is 1. The average molecular weight is 260 g/mol. The van der Waals surface area contributed by atoms with E-state index in [4.69, 9.17) is 0 Å². The number of aliphatic hydroxyl groups is 1. The molecule has 0 spiro atoms. The Bertz CT molecular complexity index is 530. The number of para-hydroxylation sites is 1. The Kier molecular flexibility index (Phi) is 4.27. The van der Waals surface area contributed by atoms with Crippen molar-refractivity contribution in [2.45, 2.75) is 45.2 Å². The van der Waals surface area contributed by atoms with Crippen molar-refractivity contribution in [3.05, 3.63) is 36.0 Å². The number of nitrogens with one attached hydrogen (secondary N) is 2. The number of aromatic amines is 1. The minimum Gasteiger partial charge on any atom is -0.395 e. The molecular weight excluding hydrogens is 236 g/mol. The number of fused-ring (bicyclic) bond motifs is 1. The second-order valence-corrected chi connectivity index (χ2v) is 5.82. The molecule has 19 heavy (non-hydrogen) atoms. The fourth-order valence-electron chi connectivity index (χ4n) is 2.38. The van der Waals surface area contributed by atoms with E-state index in [9.17, 15) is 5.11 Å². The molecule has 3 nitrogen and oxygen atoms in total. The number of hydrogen-bond donors (Lipinski definition) is 3. The first-order valence-corrected chi connectivity index (χ1v) is 6.99. The van der Waals surface area contributed by atoms with Crippen LogP contribution in [0.2, 0.25) is 0 Å². The maximum atomic E-state index is 9.58. The van der Waals surface area contributed by atoms with Crippen LogP contribution in [0.3, 0.4) is 0 Å². The van der Waals surface area contributed by atoms with Gasteiger partial charge in [-0.25, -0.2) is 0 Å². The summed E-state index contributed by atoms with van der Waals surface area (Å²) in [6.07, 6.45) is 3.93. The minimum atomic E-state index is 0.0551. The molecule has 104 valence electrons. The van der Waals surface area contributed by atoms with Gasteiger partial charge in [-0.3, -0.25) is 0 Å². The van der Waals surface area contributed by atoms with Crippen molar-refractivity contribution in [1.82, 2.24) is 10.3 Å². The Morgan fingerprint density at radius 3 is 2.74 bits per heavy atom. The van der Waals surface area contributed by atoms with E-state index in [-0.39, 0.29) is 18.2 Å². The average Bonchev–Trinajstić information content (AvgIpc) is 2.81. The van der Waals surface area contributed by atoms with Crippen LogP contribution in [0.15, 0.2) is 30.5 Å². The third-order valence-electron chi connectivity index (χ3n) is 3.84. The van der Waals surface area contributed by atoms with Crippen LogP contribution < -0.4 is 5.32 Å². The van der Waals surface area contributed by atoms with Gasteiger partial charge >= 0.3 is 0 Å². The number of rotatable bonds is 6. The topological polar surface area (TPSA) is 48.0 Å². The zero-order valence-electron chi connectivity index (χ0n) is 12.0. The second-order valence-electron chi connectivity index (χ2n) is 5.82. The summed E-state index contributed by atoms with van der Waals surface area (Å²) in [6, 6.07) is 8.38. The van der Waals surface area contributed by atoms with Crippen LogP contribution in [0.5, 0.6) is 0 Å². The van der Waals surface area contributed by atoms with Crippen molar-refractivity contribution in [1.29, 1.82) is 0 Å². The Morgan fingerprint density at radius 1 is 1.32 bits per heavy atom. The highest BCUT2D eigenvalue weighted by molar-refractivity contribution is 5.83. The molecule has 0 amide bonds. The molecule has 0 unspecified atom stereocenters. The van der Waals surface area contributed by atoms with Gasteiger partial charge in [0.2, 0.25) is 0 Å². The summed E-state index contributed by atoms with van der Waals surface area (Å²) in [6.45, 7) is 6.66. The zero-order valence-corrected chi connectivity index (χ0v) is 12.0. The van der Waals surface area contributed by atoms with Gasteiger partial charge < -0.3 is 15.4 Å². The van der Waals surface area contributed by atoms with Crippen LogP contribution in [0.25, 0.3) is 10.9 Å². The van der Waals surface area contributed by atoms with E-state index in [1.807, 2.05) is 12.3 Å². The first-order chi connectivity index (χ1) is 9.05. The van der Waals surface area contributed by atoms with Crippen LogP contribution in [0, 0.1) is 0 Å². The van der Waals surface area contributed by atoms with E-state index in [1.54, 1.807) is 0 Å². The number of hydrogen-bond acceptors (Lipinski definition) is 2. The van der Waals surface area contributed by atoms with Gasteiger partial charge in [0.15, 0.2) is 0 Å². The molecule has 2 rings (SSSR count). The van der Waals surface area contributed by atoms with Gasteiger partial charge in [-0.2, -0.15) is 0 Å². The first-order valence-electron chi connectivity index (χ1n) is 6.99. The van der Waals surface area contributed by atoms with Crippen molar-refractivity contribution in [3.63, 3.8) is 0 Å². The molecule has 0 aliphatic heterocycles. The maximum Gasteiger partial charge on any atom is 0.0588 e. The summed E-state index contributed by atoms with van der Waals surface area (Å²) in [5, 5.41) is 14.4. The van der Waals surface area contributed by atoms with Gasteiger partial charge in [-0.05, 0) is 38.3 Å². The molecule has 1 aromatic carbocycles. The van der Waals surface area contributed by atoms with Crippen molar-refractivity contribution < 1.29 is 5.11 Å². The molecule has 0 saturated carbocycles. The van der Waals surface area contributed by atoms with Gasteiger partial charge in [0.25, 0.3) is 0 Å². The van der Waals surface area contributed by atoms with Gasteiger partial charge in [0.1, 0.15) is 0 Å². The normalized spacial score (nSPS) is 13.9. The van der Waals surface area contributed by atoms with Crippen LogP contribution in [-0.4, -0.2) is 28.3 Å². The highest BCUT2D eigenvalue weighted by atomic mass is 16.3. The van der Waals surface area contributed by atoms with E-state index < -0.39 is 0 Å². The maximum absolute atomic E-state index is 9.58. The Hall–Kier alpha value is -1.32. The molecule has 1 heterocycles. The van der Waals surface area contributed by atoms with Crippen LogP contribution in [0.4, 0.5) is 0 Å². The van der Waals surface area contributed by atoms with Crippen molar-refractivity contribution in [3.8, 4) is 0 Å². The lowest BCUT2D eigenvalue weighted by atomic mass is 9.98. The molecule has 0 saturated heterocycles. The van der Waals surface area contributed by atoms with Gasteiger partial charge in [-0.1, -0.05) is 25.1 Å². The lowest BCUT2D eigenvalue weighted by Gasteiger charge is -2.30. The molecule has 0 aliphatic carbocycles. The Labute approximate surface area is 115 Å². The molecule has 1 atom stereocenters. The molecule has 0 fully saturated rings. The highest BCUT2D eigenvalue weighted by Crippen LogP contribution is 2.20. The lowest BCUT2D eigenvalue weighted by Crippen LogP contribution is -2.48. The predicted molar refractivity (Wildman–Crippen MR) is 80.4 cm³/mol. The predicted octanol–water partition coefficient (Wildman–Crippen LogP) is 2.85. The summed E-state index contributed by atoms with van der Waals surface area (Å²) >= 11 is 0. The van der Waals surface area contributed by atoms with Crippen LogP contribution in [-0.2, 0) is 6.42 Å². The third-order valence-corrected chi connectivity index (χ3v) is 3.84. The number of H-pyrrole nitrogens is 1.